The van der Waals surface area contributed by atoms with E-state index >= 15 is 0 Å². The summed E-state index contributed by atoms with van der Waals surface area (Å²) < 4.78 is 37.8. The number of rotatable bonds is 3. The Morgan fingerprint density at radius 2 is 2.07 bits per heavy atom. The van der Waals surface area contributed by atoms with E-state index in [0.29, 0.717) is 5.56 Å². The van der Waals surface area contributed by atoms with Crippen molar-refractivity contribution in [2.75, 3.05) is 0 Å². The molecular weight excluding hydrogens is 273 g/mol. The van der Waals surface area contributed by atoms with Gasteiger partial charge in [-0.3, -0.25) is 5.84 Å². The molecule has 0 fully saturated rings. The van der Waals surface area contributed by atoms with Gasteiger partial charge in [0.2, 0.25) is 0 Å². The molecule has 1 rings (SSSR count). The summed E-state index contributed by atoms with van der Waals surface area (Å²) in [6.45, 7) is 0. The lowest BCUT2D eigenvalue weighted by Gasteiger charge is -2.19. The van der Waals surface area contributed by atoms with Gasteiger partial charge in [-0.25, -0.2) is 5.43 Å². The second kappa shape index (κ2) is 4.96. The van der Waals surface area contributed by atoms with Crippen LogP contribution in [0.2, 0.25) is 0 Å². The highest BCUT2D eigenvalue weighted by atomic mass is 79.9. The van der Waals surface area contributed by atoms with Crippen molar-refractivity contribution < 1.29 is 13.2 Å². The normalized spacial score (nSPS) is 13.9. The van der Waals surface area contributed by atoms with Crippen molar-refractivity contribution in [1.29, 1.82) is 0 Å². The first-order chi connectivity index (χ1) is 6.93. The minimum absolute atomic E-state index is 0.181. The van der Waals surface area contributed by atoms with Gasteiger partial charge in [-0.1, -0.05) is 28.1 Å². The van der Waals surface area contributed by atoms with Gasteiger partial charge in [-0.15, -0.1) is 0 Å². The lowest BCUT2D eigenvalue weighted by molar-refractivity contribution is -0.155. The zero-order valence-electron chi connectivity index (χ0n) is 7.68. The first kappa shape index (κ1) is 12.5. The Morgan fingerprint density at radius 1 is 1.40 bits per heavy atom. The Bertz CT molecular complexity index is 327. The molecule has 2 nitrogen and oxygen atoms in total. The van der Waals surface area contributed by atoms with E-state index in [-0.39, 0.29) is 6.42 Å². The predicted molar refractivity (Wildman–Crippen MR) is 55.0 cm³/mol. The minimum Gasteiger partial charge on any atom is -0.271 e. The molecule has 1 atom stereocenters. The Balaban J connectivity index is 2.76. The lowest BCUT2D eigenvalue weighted by Crippen LogP contribution is -2.47. The van der Waals surface area contributed by atoms with Crippen molar-refractivity contribution in [2.45, 2.75) is 18.6 Å². The zero-order chi connectivity index (χ0) is 11.5. The van der Waals surface area contributed by atoms with E-state index in [0.717, 1.165) is 4.47 Å². The highest BCUT2D eigenvalue weighted by molar-refractivity contribution is 9.10. The third-order valence-electron chi connectivity index (χ3n) is 1.93. The van der Waals surface area contributed by atoms with Crippen LogP contribution in [0.4, 0.5) is 13.2 Å². The highest BCUT2D eigenvalue weighted by Crippen LogP contribution is 2.23. The largest absolute Gasteiger partial charge is 0.405 e. The Kier molecular flexibility index (Phi) is 4.12. The second-order valence-electron chi connectivity index (χ2n) is 3.09. The van der Waals surface area contributed by atoms with E-state index in [9.17, 15) is 13.2 Å². The molecule has 0 bridgehead atoms. The molecule has 0 heterocycles. The van der Waals surface area contributed by atoms with Crippen LogP contribution >= 0.6 is 15.9 Å². The van der Waals surface area contributed by atoms with Crippen LogP contribution in [-0.2, 0) is 6.42 Å². The predicted octanol–water partition coefficient (Wildman–Crippen LogP) is 2.39. The molecular formula is C9H10BrF3N2. The molecule has 84 valence electrons. The summed E-state index contributed by atoms with van der Waals surface area (Å²) in [5.74, 6) is 4.86. The summed E-state index contributed by atoms with van der Waals surface area (Å²) in [5.41, 5.74) is 2.34. The van der Waals surface area contributed by atoms with E-state index < -0.39 is 12.2 Å². The number of hydrogen-bond acceptors (Lipinski definition) is 2. The van der Waals surface area contributed by atoms with Crippen molar-refractivity contribution in [2.24, 2.45) is 5.84 Å². The fourth-order valence-electron chi connectivity index (χ4n) is 1.17. The maximum Gasteiger partial charge on any atom is 0.405 e. The number of hydrogen-bond donors (Lipinski definition) is 2. The number of halogens is 4. The monoisotopic (exact) mass is 282 g/mol. The van der Waals surface area contributed by atoms with Crippen molar-refractivity contribution in [1.82, 2.24) is 5.43 Å². The van der Waals surface area contributed by atoms with Gasteiger partial charge >= 0.3 is 6.18 Å². The molecule has 0 aliphatic heterocycles. The summed E-state index contributed by atoms with van der Waals surface area (Å²) >= 11 is 3.19. The Labute approximate surface area is 93.8 Å². The van der Waals surface area contributed by atoms with Crippen molar-refractivity contribution in [3.63, 3.8) is 0 Å². The summed E-state index contributed by atoms with van der Waals surface area (Å²) in [7, 11) is 0. The quantitative estimate of drug-likeness (QED) is 0.660. The SMILES string of the molecule is NNC(Cc1cccc(Br)c1)C(F)(F)F. The minimum atomic E-state index is -4.34. The molecule has 0 aliphatic rings. The molecule has 1 aromatic rings. The molecule has 0 amide bonds. The van der Waals surface area contributed by atoms with Crippen molar-refractivity contribution >= 4 is 15.9 Å². The summed E-state index contributed by atoms with van der Waals surface area (Å²) in [4.78, 5) is 0. The fraction of sp³-hybridized carbons (Fsp3) is 0.333. The Hall–Kier alpha value is -0.590. The van der Waals surface area contributed by atoms with Gasteiger partial charge < -0.3 is 0 Å². The van der Waals surface area contributed by atoms with E-state index in [2.05, 4.69) is 15.9 Å². The van der Waals surface area contributed by atoms with Crippen LogP contribution in [0, 0.1) is 0 Å². The van der Waals surface area contributed by atoms with Gasteiger partial charge in [0.05, 0.1) is 0 Å². The molecule has 15 heavy (non-hydrogen) atoms. The summed E-state index contributed by atoms with van der Waals surface area (Å²) in [5, 5.41) is 0. The summed E-state index contributed by atoms with van der Waals surface area (Å²) in [6.07, 6.45) is -4.52. The van der Waals surface area contributed by atoms with Gasteiger partial charge in [0.1, 0.15) is 6.04 Å². The summed E-state index contributed by atoms with van der Waals surface area (Å²) in [6, 6.07) is 4.98. The van der Waals surface area contributed by atoms with Gasteiger partial charge in [0.25, 0.3) is 0 Å². The average Bonchev–Trinajstić information content (AvgIpc) is 2.12. The van der Waals surface area contributed by atoms with Crippen LogP contribution in [-0.4, -0.2) is 12.2 Å². The molecule has 3 N–H and O–H groups in total. The molecule has 0 radical (unpaired) electrons. The standard InChI is InChI=1S/C9H10BrF3N2/c10-7-3-1-2-6(4-7)5-8(15-14)9(11,12)13/h1-4,8,15H,5,14H2. The molecule has 1 aromatic carbocycles. The maximum atomic E-state index is 12.4. The van der Waals surface area contributed by atoms with E-state index in [1.165, 1.54) is 0 Å². The molecule has 0 spiro atoms. The number of nitrogens with two attached hydrogens (primary N) is 1. The van der Waals surface area contributed by atoms with Crippen LogP contribution < -0.4 is 11.3 Å². The van der Waals surface area contributed by atoms with Gasteiger partial charge in [-0.05, 0) is 24.1 Å². The molecule has 0 aliphatic carbocycles. The number of hydrazine groups is 1. The third kappa shape index (κ3) is 3.81. The number of alkyl halides is 3. The van der Waals surface area contributed by atoms with E-state index in [4.69, 9.17) is 5.84 Å². The fourth-order valence-corrected chi connectivity index (χ4v) is 1.62. The highest BCUT2D eigenvalue weighted by Gasteiger charge is 2.38. The van der Waals surface area contributed by atoms with Crippen molar-refractivity contribution in [3.05, 3.63) is 34.3 Å². The molecule has 1 unspecified atom stereocenters. The van der Waals surface area contributed by atoms with Crippen LogP contribution in [0.1, 0.15) is 5.56 Å². The van der Waals surface area contributed by atoms with Crippen LogP contribution in [0.25, 0.3) is 0 Å². The van der Waals surface area contributed by atoms with Crippen LogP contribution in [0.3, 0.4) is 0 Å². The average molecular weight is 283 g/mol. The Morgan fingerprint density at radius 3 is 2.53 bits per heavy atom. The third-order valence-corrected chi connectivity index (χ3v) is 2.42. The molecule has 6 heteroatoms. The lowest BCUT2D eigenvalue weighted by atomic mass is 10.1. The first-order valence-corrected chi connectivity index (χ1v) is 5.00. The molecule has 0 aromatic heterocycles. The molecule has 0 saturated heterocycles. The van der Waals surface area contributed by atoms with E-state index in [1.807, 2.05) is 0 Å². The molecule has 0 saturated carbocycles. The number of benzene rings is 1. The smallest absolute Gasteiger partial charge is 0.271 e. The van der Waals surface area contributed by atoms with Gasteiger partial charge in [0.15, 0.2) is 0 Å². The maximum absolute atomic E-state index is 12.4. The van der Waals surface area contributed by atoms with Crippen LogP contribution in [0.5, 0.6) is 0 Å². The van der Waals surface area contributed by atoms with Crippen LogP contribution in [0.15, 0.2) is 28.7 Å². The van der Waals surface area contributed by atoms with Crippen molar-refractivity contribution in [3.8, 4) is 0 Å². The van der Waals surface area contributed by atoms with E-state index in [1.54, 1.807) is 29.7 Å². The number of nitrogens with one attached hydrogen (secondary N) is 1. The van der Waals surface area contributed by atoms with Gasteiger partial charge in [-0.2, -0.15) is 13.2 Å². The van der Waals surface area contributed by atoms with Gasteiger partial charge in [0, 0.05) is 4.47 Å². The topological polar surface area (TPSA) is 38.0 Å². The first-order valence-electron chi connectivity index (χ1n) is 4.21. The second-order valence-corrected chi connectivity index (χ2v) is 4.01. The zero-order valence-corrected chi connectivity index (χ0v) is 9.27.